The van der Waals surface area contributed by atoms with Gasteiger partial charge >= 0.3 is 11.9 Å². The number of aliphatic hydroxyl groups excluding tert-OH is 1. The van der Waals surface area contributed by atoms with Crippen LogP contribution in [0.15, 0.2) is 0 Å². The summed E-state index contributed by atoms with van der Waals surface area (Å²) >= 11 is 0. The van der Waals surface area contributed by atoms with Crippen molar-refractivity contribution < 1.29 is 39.3 Å². The lowest BCUT2D eigenvalue weighted by Gasteiger charge is -2.25. The van der Waals surface area contributed by atoms with E-state index >= 15 is 0 Å². The first-order chi connectivity index (χ1) is 13.0. The van der Waals surface area contributed by atoms with E-state index in [0.717, 1.165) is 6.42 Å². The molecule has 0 saturated carbocycles. The Bertz CT molecular complexity index is 618. The van der Waals surface area contributed by atoms with Crippen LogP contribution >= 0.6 is 0 Å². The Morgan fingerprint density at radius 2 is 1.68 bits per heavy atom. The molecule has 1 aliphatic rings. The summed E-state index contributed by atoms with van der Waals surface area (Å²) in [7, 11) is 0. The van der Waals surface area contributed by atoms with E-state index in [9.17, 15) is 29.1 Å². The van der Waals surface area contributed by atoms with Gasteiger partial charge in [-0.1, -0.05) is 0 Å². The Balaban J connectivity index is 2.83. The standard InChI is InChI=1S/C16H26N4O8/c1-7(16(27)28)18-15(26)12(8(2)21)20-14(25)10(6-11(22)23)19-13(24)9-4-3-5-17-9/h7-10,12,17,21H,3-6H2,1-2H3,(H,18,26)(H,19,24)(H,20,25)(H,22,23)(H,27,28). The van der Waals surface area contributed by atoms with Crippen molar-refractivity contribution in [1.29, 1.82) is 0 Å². The molecule has 1 heterocycles. The second kappa shape index (κ2) is 10.6. The van der Waals surface area contributed by atoms with Crippen LogP contribution in [0.5, 0.6) is 0 Å². The number of rotatable bonds is 10. The van der Waals surface area contributed by atoms with Crippen LogP contribution in [0, 0.1) is 0 Å². The maximum absolute atomic E-state index is 12.5. The molecule has 1 saturated heterocycles. The Kier molecular flexibility index (Phi) is 8.79. The quantitative estimate of drug-likeness (QED) is 0.201. The van der Waals surface area contributed by atoms with Crippen LogP contribution in [0.2, 0.25) is 0 Å². The van der Waals surface area contributed by atoms with Gasteiger partial charge in [-0.05, 0) is 33.2 Å². The van der Waals surface area contributed by atoms with Crippen molar-refractivity contribution in [2.75, 3.05) is 6.54 Å². The van der Waals surface area contributed by atoms with E-state index < -0.39 is 66.4 Å². The van der Waals surface area contributed by atoms with E-state index in [1.165, 1.54) is 13.8 Å². The largest absolute Gasteiger partial charge is 0.481 e. The minimum absolute atomic E-state index is 0.541. The first-order valence-electron chi connectivity index (χ1n) is 8.80. The molecule has 12 heteroatoms. The Morgan fingerprint density at radius 1 is 1.04 bits per heavy atom. The summed E-state index contributed by atoms with van der Waals surface area (Å²) in [5.74, 6) is -5.16. The van der Waals surface area contributed by atoms with Crippen molar-refractivity contribution in [3.63, 3.8) is 0 Å². The fourth-order valence-electron chi connectivity index (χ4n) is 2.59. The van der Waals surface area contributed by atoms with Crippen LogP contribution < -0.4 is 21.3 Å². The summed E-state index contributed by atoms with van der Waals surface area (Å²) in [5.41, 5.74) is 0. The van der Waals surface area contributed by atoms with Crippen LogP contribution in [0.4, 0.5) is 0 Å². The predicted octanol–water partition coefficient (Wildman–Crippen LogP) is -2.85. The molecular weight excluding hydrogens is 376 g/mol. The number of aliphatic carboxylic acids is 2. The van der Waals surface area contributed by atoms with Crippen LogP contribution in [-0.2, 0) is 24.0 Å². The third-order valence-electron chi connectivity index (χ3n) is 4.18. The van der Waals surface area contributed by atoms with Gasteiger partial charge < -0.3 is 36.6 Å². The average Bonchev–Trinajstić information content (AvgIpc) is 3.12. The molecule has 1 fully saturated rings. The third kappa shape index (κ3) is 7.12. The van der Waals surface area contributed by atoms with E-state index in [4.69, 9.17) is 10.2 Å². The molecule has 12 nitrogen and oxygen atoms in total. The highest BCUT2D eigenvalue weighted by Gasteiger charge is 2.33. The van der Waals surface area contributed by atoms with E-state index in [2.05, 4.69) is 21.3 Å². The Hall–Kier alpha value is -2.73. The van der Waals surface area contributed by atoms with Gasteiger partial charge in [-0.25, -0.2) is 0 Å². The summed E-state index contributed by atoms with van der Waals surface area (Å²) in [6.45, 7) is 3.02. The second-order valence-electron chi connectivity index (χ2n) is 6.60. The van der Waals surface area contributed by atoms with Crippen molar-refractivity contribution in [1.82, 2.24) is 21.3 Å². The van der Waals surface area contributed by atoms with Crippen molar-refractivity contribution in [3.05, 3.63) is 0 Å². The summed E-state index contributed by atoms with van der Waals surface area (Å²) in [5, 5.41) is 37.1. The molecule has 0 aliphatic carbocycles. The number of amides is 3. The molecule has 0 spiro atoms. The molecule has 0 aromatic carbocycles. The van der Waals surface area contributed by atoms with Gasteiger partial charge in [0, 0.05) is 0 Å². The van der Waals surface area contributed by atoms with Crippen molar-refractivity contribution in [2.45, 2.75) is 63.4 Å². The third-order valence-corrected chi connectivity index (χ3v) is 4.18. The van der Waals surface area contributed by atoms with Crippen LogP contribution in [0.25, 0.3) is 0 Å². The molecule has 28 heavy (non-hydrogen) atoms. The van der Waals surface area contributed by atoms with Crippen LogP contribution in [-0.4, -0.2) is 81.8 Å². The van der Waals surface area contributed by atoms with Gasteiger partial charge in [0.25, 0.3) is 0 Å². The van der Waals surface area contributed by atoms with E-state index in [1.807, 2.05) is 0 Å². The highest BCUT2D eigenvalue weighted by molar-refractivity contribution is 5.95. The number of aliphatic hydroxyl groups is 1. The molecule has 1 aliphatic heterocycles. The van der Waals surface area contributed by atoms with Gasteiger partial charge in [0.15, 0.2) is 0 Å². The SMILES string of the molecule is CC(NC(=O)C(NC(=O)C(CC(=O)O)NC(=O)C1CCCN1)C(C)O)C(=O)O. The van der Waals surface area contributed by atoms with Gasteiger partial charge in [0.05, 0.1) is 18.6 Å². The molecule has 0 aromatic rings. The first-order valence-corrected chi connectivity index (χ1v) is 8.80. The average molecular weight is 402 g/mol. The van der Waals surface area contributed by atoms with Crippen molar-refractivity contribution in [3.8, 4) is 0 Å². The van der Waals surface area contributed by atoms with E-state index in [1.54, 1.807) is 0 Å². The molecule has 7 N–H and O–H groups in total. The number of nitrogens with one attached hydrogen (secondary N) is 4. The maximum Gasteiger partial charge on any atom is 0.325 e. The van der Waals surface area contributed by atoms with Gasteiger partial charge in [-0.15, -0.1) is 0 Å². The zero-order valence-electron chi connectivity index (χ0n) is 15.6. The monoisotopic (exact) mass is 402 g/mol. The van der Waals surface area contributed by atoms with Gasteiger partial charge in [0.1, 0.15) is 18.1 Å². The van der Waals surface area contributed by atoms with Gasteiger partial charge in [-0.2, -0.15) is 0 Å². The second-order valence-corrected chi connectivity index (χ2v) is 6.60. The van der Waals surface area contributed by atoms with E-state index in [-0.39, 0.29) is 0 Å². The number of carboxylic acid groups (broad SMARTS) is 2. The maximum atomic E-state index is 12.5. The molecule has 5 atom stereocenters. The normalized spacial score (nSPS) is 20.3. The lowest BCUT2D eigenvalue weighted by Crippen LogP contribution is -2.59. The molecule has 1 rings (SSSR count). The van der Waals surface area contributed by atoms with Crippen LogP contribution in [0.3, 0.4) is 0 Å². The number of hydrogen-bond acceptors (Lipinski definition) is 7. The number of hydrogen-bond donors (Lipinski definition) is 7. The minimum atomic E-state index is -1.54. The molecule has 0 aromatic heterocycles. The zero-order valence-corrected chi connectivity index (χ0v) is 15.6. The minimum Gasteiger partial charge on any atom is -0.481 e. The summed E-state index contributed by atoms with van der Waals surface area (Å²) in [6.07, 6.45) is -0.828. The highest BCUT2D eigenvalue weighted by Crippen LogP contribution is 2.06. The number of carbonyl (C=O) groups is 5. The van der Waals surface area contributed by atoms with Crippen LogP contribution in [0.1, 0.15) is 33.1 Å². The number of carbonyl (C=O) groups excluding carboxylic acids is 3. The fourth-order valence-corrected chi connectivity index (χ4v) is 2.59. The van der Waals surface area contributed by atoms with Crippen molar-refractivity contribution >= 4 is 29.7 Å². The molecular formula is C16H26N4O8. The highest BCUT2D eigenvalue weighted by atomic mass is 16.4. The topological polar surface area (TPSA) is 194 Å². The van der Waals surface area contributed by atoms with Crippen molar-refractivity contribution in [2.24, 2.45) is 0 Å². The lowest BCUT2D eigenvalue weighted by atomic mass is 10.1. The molecule has 0 radical (unpaired) electrons. The smallest absolute Gasteiger partial charge is 0.325 e. The zero-order chi connectivity index (χ0) is 21.4. The summed E-state index contributed by atoms with van der Waals surface area (Å²) in [4.78, 5) is 58.7. The molecule has 3 amide bonds. The number of carboxylic acids is 2. The predicted molar refractivity (Wildman–Crippen MR) is 94.1 cm³/mol. The van der Waals surface area contributed by atoms with E-state index in [0.29, 0.717) is 13.0 Å². The van der Waals surface area contributed by atoms with Gasteiger partial charge in [0.2, 0.25) is 17.7 Å². The Labute approximate surface area is 161 Å². The summed E-state index contributed by atoms with van der Waals surface area (Å²) in [6, 6.07) is -4.82. The molecule has 158 valence electrons. The molecule has 0 bridgehead atoms. The van der Waals surface area contributed by atoms with Gasteiger partial charge in [-0.3, -0.25) is 24.0 Å². The first kappa shape index (κ1) is 23.3. The molecule has 5 unspecified atom stereocenters. The lowest BCUT2D eigenvalue weighted by molar-refractivity contribution is -0.143. The Morgan fingerprint density at radius 3 is 2.14 bits per heavy atom. The fraction of sp³-hybridized carbons (Fsp3) is 0.688. The summed E-state index contributed by atoms with van der Waals surface area (Å²) < 4.78 is 0.